The average molecular weight is 282 g/mol. The zero-order chi connectivity index (χ0) is 13.8. The first-order chi connectivity index (χ1) is 9.11. The Morgan fingerprint density at radius 2 is 2.37 bits per heavy atom. The van der Waals surface area contributed by atoms with E-state index in [1.165, 1.54) is 17.0 Å². The summed E-state index contributed by atoms with van der Waals surface area (Å²) in [5.74, 6) is -0.796. The highest BCUT2D eigenvalue weighted by molar-refractivity contribution is 6.31. The van der Waals surface area contributed by atoms with E-state index in [1.807, 2.05) is 0 Å². The van der Waals surface area contributed by atoms with Crippen LogP contribution < -0.4 is 5.32 Å². The number of urea groups is 1. The fourth-order valence-electron chi connectivity index (χ4n) is 2.06. The van der Waals surface area contributed by atoms with Gasteiger partial charge < -0.3 is 10.2 Å². The molecule has 0 saturated carbocycles. The molecule has 4 nitrogen and oxygen atoms in total. The molecule has 6 heteroatoms. The third kappa shape index (κ3) is 3.15. The topological polar surface area (TPSA) is 56.1 Å². The smallest absolute Gasteiger partial charge is 0.321 e. The molecule has 1 aliphatic heterocycles. The molecule has 1 aliphatic rings. The van der Waals surface area contributed by atoms with Crippen LogP contribution in [0.1, 0.15) is 12.8 Å². The summed E-state index contributed by atoms with van der Waals surface area (Å²) in [7, 11) is 0. The number of nitrogens with zero attached hydrogens (tertiary/aromatic N) is 2. The molecule has 2 amide bonds. The molecule has 0 spiro atoms. The van der Waals surface area contributed by atoms with Crippen molar-refractivity contribution in [3.05, 3.63) is 29.0 Å². The van der Waals surface area contributed by atoms with Crippen LogP contribution in [0.15, 0.2) is 18.2 Å². The minimum absolute atomic E-state index is 0.0358. The highest BCUT2D eigenvalue weighted by atomic mass is 35.5. The van der Waals surface area contributed by atoms with Gasteiger partial charge in [-0.15, -0.1) is 0 Å². The Kier molecular flexibility index (Phi) is 4.23. The van der Waals surface area contributed by atoms with E-state index in [0.29, 0.717) is 13.1 Å². The fraction of sp³-hybridized carbons (Fsp3) is 0.385. The maximum atomic E-state index is 13.7. The van der Waals surface area contributed by atoms with E-state index in [2.05, 4.69) is 11.4 Å². The number of carbonyl (C=O) groups is 1. The first kappa shape index (κ1) is 13.6. The summed E-state index contributed by atoms with van der Waals surface area (Å²) in [6.45, 7) is 0.955. The van der Waals surface area contributed by atoms with Gasteiger partial charge in [0.1, 0.15) is 0 Å². The highest BCUT2D eigenvalue weighted by Gasteiger charge is 2.24. The number of amides is 2. The molecule has 2 rings (SSSR count). The van der Waals surface area contributed by atoms with Gasteiger partial charge in [-0.05, 0) is 25.0 Å². The van der Waals surface area contributed by atoms with Crippen molar-refractivity contribution in [2.24, 2.45) is 5.92 Å². The molecule has 1 aromatic carbocycles. The van der Waals surface area contributed by atoms with Gasteiger partial charge in [0.05, 0.1) is 22.7 Å². The van der Waals surface area contributed by atoms with Gasteiger partial charge >= 0.3 is 6.03 Å². The van der Waals surface area contributed by atoms with Crippen molar-refractivity contribution in [1.82, 2.24) is 4.90 Å². The summed E-state index contributed by atoms with van der Waals surface area (Å²) in [4.78, 5) is 13.5. The van der Waals surface area contributed by atoms with Gasteiger partial charge in [-0.3, -0.25) is 0 Å². The molecule has 1 fully saturated rings. The molecule has 19 heavy (non-hydrogen) atoms. The summed E-state index contributed by atoms with van der Waals surface area (Å²) >= 11 is 5.65. The molecule has 0 unspecified atom stereocenters. The SMILES string of the molecule is N#C[C@H]1CCCN(C(=O)Nc2cccc(Cl)c2F)C1. The standard InChI is InChI=1S/C13H13ClFN3O/c14-10-4-1-5-11(12(10)15)17-13(19)18-6-2-3-9(7-16)8-18/h1,4-5,9H,2-3,6,8H2,(H,17,19)/t9-/m1/s1. The zero-order valence-electron chi connectivity index (χ0n) is 10.2. The van der Waals surface area contributed by atoms with Crippen molar-refractivity contribution >= 4 is 23.3 Å². The summed E-state index contributed by atoms with van der Waals surface area (Å²) < 4.78 is 13.7. The summed E-state index contributed by atoms with van der Waals surface area (Å²) in [5.41, 5.74) is 0.0524. The van der Waals surface area contributed by atoms with Crippen molar-refractivity contribution in [2.45, 2.75) is 12.8 Å². The van der Waals surface area contributed by atoms with E-state index in [1.54, 1.807) is 6.07 Å². The van der Waals surface area contributed by atoms with Crippen LogP contribution in [0.3, 0.4) is 0 Å². The van der Waals surface area contributed by atoms with E-state index in [0.717, 1.165) is 12.8 Å². The average Bonchev–Trinajstić information content (AvgIpc) is 2.44. The lowest BCUT2D eigenvalue weighted by Gasteiger charge is -2.29. The predicted octanol–water partition coefficient (Wildman–Crippen LogP) is 3.25. The molecule has 1 aromatic rings. The Morgan fingerprint density at radius 3 is 3.11 bits per heavy atom. The van der Waals surface area contributed by atoms with Crippen LogP contribution in [0.2, 0.25) is 5.02 Å². The lowest BCUT2D eigenvalue weighted by molar-refractivity contribution is 0.189. The van der Waals surface area contributed by atoms with Crippen molar-refractivity contribution < 1.29 is 9.18 Å². The van der Waals surface area contributed by atoms with Crippen LogP contribution in [0, 0.1) is 23.1 Å². The zero-order valence-corrected chi connectivity index (χ0v) is 11.0. The highest BCUT2D eigenvalue weighted by Crippen LogP contribution is 2.23. The number of nitriles is 1. The first-order valence-electron chi connectivity index (χ1n) is 6.01. The molecule has 1 atom stereocenters. The Bertz CT molecular complexity index is 529. The van der Waals surface area contributed by atoms with Crippen molar-refractivity contribution in [3.63, 3.8) is 0 Å². The van der Waals surface area contributed by atoms with Gasteiger partial charge in [-0.1, -0.05) is 17.7 Å². The van der Waals surface area contributed by atoms with Gasteiger partial charge in [-0.2, -0.15) is 5.26 Å². The Balaban J connectivity index is 2.05. The predicted molar refractivity (Wildman–Crippen MR) is 70.3 cm³/mol. The maximum absolute atomic E-state index is 13.7. The first-order valence-corrected chi connectivity index (χ1v) is 6.39. The molecule has 0 aliphatic carbocycles. The minimum Gasteiger partial charge on any atom is -0.323 e. The molecule has 0 aromatic heterocycles. The second-order valence-electron chi connectivity index (χ2n) is 4.45. The minimum atomic E-state index is -0.647. The van der Waals surface area contributed by atoms with Crippen LogP contribution in [0.25, 0.3) is 0 Å². The van der Waals surface area contributed by atoms with Gasteiger partial charge in [0.15, 0.2) is 5.82 Å². The summed E-state index contributed by atoms with van der Waals surface area (Å²) in [5, 5.41) is 11.3. The van der Waals surface area contributed by atoms with Crippen molar-refractivity contribution in [1.29, 1.82) is 5.26 Å². The second kappa shape index (κ2) is 5.89. The van der Waals surface area contributed by atoms with Crippen LogP contribution in [0.4, 0.5) is 14.9 Å². The second-order valence-corrected chi connectivity index (χ2v) is 4.85. The molecule has 1 N–H and O–H groups in total. The van der Waals surface area contributed by atoms with Gasteiger partial charge in [0, 0.05) is 13.1 Å². The number of rotatable bonds is 1. The number of piperidine rings is 1. The van der Waals surface area contributed by atoms with Crippen molar-refractivity contribution in [2.75, 3.05) is 18.4 Å². The summed E-state index contributed by atoms with van der Waals surface area (Å²) in [6, 6.07) is 6.18. The lowest BCUT2D eigenvalue weighted by Crippen LogP contribution is -2.42. The molecule has 100 valence electrons. The van der Waals surface area contributed by atoms with E-state index >= 15 is 0 Å². The number of halogens is 2. The normalized spacial score (nSPS) is 18.8. The van der Waals surface area contributed by atoms with E-state index in [-0.39, 0.29) is 16.6 Å². The van der Waals surface area contributed by atoms with Crippen LogP contribution >= 0.6 is 11.6 Å². The summed E-state index contributed by atoms with van der Waals surface area (Å²) in [6.07, 6.45) is 1.58. The fourth-order valence-corrected chi connectivity index (χ4v) is 2.24. The van der Waals surface area contributed by atoms with Gasteiger partial charge in [0.2, 0.25) is 0 Å². The molecular weight excluding hydrogens is 269 g/mol. The number of hydrogen-bond acceptors (Lipinski definition) is 2. The van der Waals surface area contributed by atoms with E-state index in [4.69, 9.17) is 16.9 Å². The Labute approximate surface area is 115 Å². The van der Waals surface area contributed by atoms with Crippen LogP contribution in [-0.4, -0.2) is 24.0 Å². The van der Waals surface area contributed by atoms with Crippen LogP contribution in [-0.2, 0) is 0 Å². The van der Waals surface area contributed by atoms with Crippen LogP contribution in [0.5, 0.6) is 0 Å². The lowest BCUT2D eigenvalue weighted by atomic mass is 10.0. The number of likely N-dealkylation sites (tertiary alicyclic amines) is 1. The van der Waals surface area contributed by atoms with Crippen molar-refractivity contribution in [3.8, 4) is 6.07 Å². The van der Waals surface area contributed by atoms with Gasteiger partial charge in [-0.25, -0.2) is 9.18 Å². The molecule has 0 radical (unpaired) electrons. The quantitative estimate of drug-likeness (QED) is 0.859. The number of anilines is 1. The third-order valence-corrected chi connectivity index (χ3v) is 3.38. The largest absolute Gasteiger partial charge is 0.323 e. The number of carbonyl (C=O) groups excluding carboxylic acids is 1. The molecule has 1 heterocycles. The molecule has 1 saturated heterocycles. The van der Waals surface area contributed by atoms with E-state index < -0.39 is 11.8 Å². The van der Waals surface area contributed by atoms with E-state index in [9.17, 15) is 9.18 Å². The third-order valence-electron chi connectivity index (χ3n) is 3.08. The monoisotopic (exact) mass is 281 g/mol. The molecular formula is C13H13ClFN3O. The Hall–Kier alpha value is -1.80. The van der Waals surface area contributed by atoms with Gasteiger partial charge in [0.25, 0.3) is 0 Å². The number of benzene rings is 1. The Morgan fingerprint density at radius 1 is 1.58 bits per heavy atom. The maximum Gasteiger partial charge on any atom is 0.321 e. The molecule has 0 bridgehead atoms. The number of nitrogens with one attached hydrogen (secondary N) is 1. The number of hydrogen-bond donors (Lipinski definition) is 1.